The molecule has 0 amide bonds. The number of amidine groups is 1. The lowest BCUT2D eigenvalue weighted by Crippen LogP contribution is -2.39. The van der Waals surface area contributed by atoms with Crippen LogP contribution in [0.25, 0.3) is 0 Å². The van der Waals surface area contributed by atoms with Gasteiger partial charge in [0, 0.05) is 30.2 Å². The number of nitrogens with two attached hydrogens (primary N) is 1. The highest BCUT2D eigenvalue weighted by Gasteiger charge is 2.70. The molecule has 1 aliphatic heterocycles. The number of nitrogens with zero attached hydrogens (tertiary/aromatic N) is 3. The fourth-order valence-corrected chi connectivity index (χ4v) is 5.93. The maximum absolute atomic E-state index is 15.0. The van der Waals surface area contributed by atoms with Gasteiger partial charge in [-0.15, -0.1) is 0 Å². The summed E-state index contributed by atoms with van der Waals surface area (Å²) in [6.07, 6.45) is 3.32. The largest absolute Gasteiger partial charge is 0.378 e. The Morgan fingerprint density at radius 1 is 1.31 bits per heavy atom. The van der Waals surface area contributed by atoms with E-state index in [-0.39, 0.29) is 34.5 Å². The van der Waals surface area contributed by atoms with Gasteiger partial charge in [-0.1, -0.05) is 34.6 Å². The summed E-state index contributed by atoms with van der Waals surface area (Å²) in [6, 6.07) is 9.04. The summed E-state index contributed by atoms with van der Waals surface area (Å²) in [4.78, 5) is 21.1. The van der Waals surface area contributed by atoms with Gasteiger partial charge in [-0.3, -0.25) is 9.78 Å². The molecule has 3 heterocycles. The molecule has 0 saturated heterocycles. The third kappa shape index (κ3) is 3.31. The molecule has 164 valence electrons. The van der Waals surface area contributed by atoms with Crippen LogP contribution in [-0.4, -0.2) is 27.8 Å². The van der Waals surface area contributed by atoms with Gasteiger partial charge in [0.15, 0.2) is 11.0 Å². The van der Waals surface area contributed by atoms with Crippen LogP contribution in [-0.2, 0) is 16.7 Å². The van der Waals surface area contributed by atoms with Crippen LogP contribution >= 0.6 is 23.4 Å². The van der Waals surface area contributed by atoms with Gasteiger partial charge in [-0.2, -0.15) is 0 Å². The number of carbonyl (C=O) groups excluding carboxylic acids is 1. The van der Waals surface area contributed by atoms with E-state index in [1.165, 1.54) is 48.5 Å². The van der Waals surface area contributed by atoms with E-state index in [9.17, 15) is 9.18 Å². The van der Waals surface area contributed by atoms with Crippen molar-refractivity contribution in [2.24, 2.45) is 16.6 Å². The Hall–Kier alpha value is -2.78. The molecule has 3 atom stereocenters. The average molecular weight is 475 g/mol. The van der Waals surface area contributed by atoms with Gasteiger partial charge in [0.1, 0.15) is 35.7 Å². The summed E-state index contributed by atoms with van der Waals surface area (Å²) in [5.74, 6) is -1.23. The van der Waals surface area contributed by atoms with Crippen molar-refractivity contribution in [2.45, 2.75) is 23.1 Å². The van der Waals surface area contributed by atoms with Crippen molar-refractivity contribution >= 4 is 34.3 Å². The zero-order chi connectivity index (χ0) is 22.5. The van der Waals surface area contributed by atoms with E-state index in [1.54, 1.807) is 12.1 Å². The molecular weight excluding hydrogens is 458 g/mol. The van der Waals surface area contributed by atoms with Gasteiger partial charge in [0.2, 0.25) is 0 Å². The standard InChI is InChI=1S/C22H17ClF2N4O2S/c23-13-2-4-16(27-10-13)17(30)8-12-1-3-15(25)14(7-12)21(11-24)18-9-22(18,32-20(26)28-21)19-5-6-31-29-19/h1-7,10,18H,8-9,11H2,(H2,26,28)/t18-,21+,22-/m0/s1. The molecule has 1 aromatic carbocycles. The molecule has 1 fully saturated rings. The lowest BCUT2D eigenvalue weighted by Gasteiger charge is -2.34. The summed E-state index contributed by atoms with van der Waals surface area (Å²) in [7, 11) is 0. The van der Waals surface area contributed by atoms with Crippen LogP contribution < -0.4 is 5.73 Å². The Labute approximate surface area is 191 Å². The van der Waals surface area contributed by atoms with Gasteiger partial charge in [-0.25, -0.2) is 13.8 Å². The van der Waals surface area contributed by atoms with E-state index < -0.39 is 22.8 Å². The molecule has 10 heteroatoms. The molecule has 32 heavy (non-hydrogen) atoms. The highest BCUT2D eigenvalue weighted by atomic mass is 35.5. The number of pyridine rings is 1. The van der Waals surface area contributed by atoms with Crippen molar-refractivity contribution in [3.8, 4) is 0 Å². The van der Waals surface area contributed by atoms with Gasteiger partial charge in [0.25, 0.3) is 0 Å². The van der Waals surface area contributed by atoms with Crippen molar-refractivity contribution in [3.63, 3.8) is 0 Å². The molecule has 2 N–H and O–H groups in total. The maximum atomic E-state index is 15.0. The smallest absolute Gasteiger partial charge is 0.185 e. The van der Waals surface area contributed by atoms with Crippen molar-refractivity contribution in [1.82, 2.24) is 10.1 Å². The molecule has 2 aromatic heterocycles. The van der Waals surface area contributed by atoms with Crippen LogP contribution in [0.15, 0.2) is 58.4 Å². The van der Waals surface area contributed by atoms with Crippen LogP contribution in [0.3, 0.4) is 0 Å². The fraction of sp³-hybridized carbons (Fsp3) is 0.273. The number of aromatic nitrogens is 2. The number of fused-ring (bicyclic) bond motifs is 1. The number of hydrogen-bond acceptors (Lipinski definition) is 7. The van der Waals surface area contributed by atoms with E-state index in [4.69, 9.17) is 21.9 Å². The van der Waals surface area contributed by atoms with Gasteiger partial charge < -0.3 is 10.3 Å². The predicted molar refractivity (Wildman–Crippen MR) is 117 cm³/mol. The predicted octanol–water partition coefficient (Wildman–Crippen LogP) is 4.43. The fourth-order valence-electron chi connectivity index (χ4n) is 4.44. The second-order valence-corrected chi connectivity index (χ2v) is 9.70. The molecule has 0 bridgehead atoms. The Balaban J connectivity index is 1.51. The number of aliphatic imine (C=N–C) groups is 1. The molecule has 3 aromatic rings. The average Bonchev–Trinajstić information content (AvgIpc) is 3.26. The summed E-state index contributed by atoms with van der Waals surface area (Å²) in [5, 5.41) is 4.59. The maximum Gasteiger partial charge on any atom is 0.185 e. The highest BCUT2D eigenvalue weighted by Crippen LogP contribution is 2.71. The van der Waals surface area contributed by atoms with Crippen LogP contribution in [0.5, 0.6) is 0 Å². The second-order valence-electron chi connectivity index (χ2n) is 7.92. The van der Waals surface area contributed by atoms with Crippen LogP contribution in [0.4, 0.5) is 8.78 Å². The van der Waals surface area contributed by atoms with E-state index in [0.29, 0.717) is 22.7 Å². The Kier molecular flexibility index (Phi) is 5.05. The quantitative estimate of drug-likeness (QED) is 0.531. The molecule has 0 radical (unpaired) electrons. The molecule has 6 nitrogen and oxygen atoms in total. The first-order chi connectivity index (χ1) is 15.4. The zero-order valence-electron chi connectivity index (χ0n) is 16.6. The lowest BCUT2D eigenvalue weighted by molar-refractivity contribution is 0.0988. The first-order valence-electron chi connectivity index (χ1n) is 9.83. The van der Waals surface area contributed by atoms with E-state index >= 15 is 4.39 Å². The first kappa shape index (κ1) is 21.1. The van der Waals surface area contributed by atoms with Gasteiger partial charge in [0.05, 0.1) is 9.77 Å². The van der Waals surface area contributed by atoms with E-state index in [1.807, 2.05) is 0 Å². The van der Waals surface area contributed by atoms with Crippen LogP contribution in [0.2, 0.25) is 5.02 Å². The van der Waals surface area contributed by atoms with E-state index in [0.717, 1.165) is 0 Å². The Morgan fingerprint density at radius 3 is 2.84 bits per heavy atom. The molecule has 1 saturated carbocycles. The monoisotopic (exact) mass is 474 g/mol. The number of benzene rings is 1. The number of alkyl halides is 1. The SMILES string of the molecule is NC1=N[C@](CF)(c2cc(CC(=O)c3ccc(Cl)cn3)ccc2F)[C@@H]2C[C@]2(c2ccon2)S1. The highest BCUT2D eigenvalue weighted by molar-refractivity contribution is 8.14. The Bertz CT molecular complexity index is 1220. The minimum absolute atomic E-state index is 0.0304. The number of hydrogen-bond donors (Lipinski definition) is 1. The summed E-state index contributed by atoms with van der Waals surface area (Å²) in [6.45, 7) is -0.939. The van der Waals surface area contributed by atoms with Gasteiger partial charge in [-0.05, 0) is 36.2 Å². The molecule has 0 unspecified atom stereocenters. The van der Waals surface area contributed by atoms with Crippen molar-refractivity contribution in [1.29, 1.82) is 0 Å². The van der Waals surface area contributed by atoms with E-state index in [2.05, 4.69) is 15.1 Å². The van der Waals surface area contributed by atoms with Crippen LogP contribution in [0.1, 0.15) is 33.7 Å². The minimum Gasteiger partial charge on any atom is -0.378 e. The number of thioether (sulfide) groups is 1. The third-order valence-corrected chi connectivity index (χ3v) is 7.58. The van der Waals surface area contributed by atoms with Crippen molar-refractivity contribution in [3.05, 3.63) is 82.2 Å². The third-order valence-electron chi connectivity index (χ3n) is 6.03. The normalized spacial score (nSPS) is 26.3. The number of rotatable bonds is 6. The summed E-state index contributed by atoms with van der Waals surface area (Å²) in [5.41, 5.74) is 6.05. The van der Waals surface area contributed by atoms with Gasteiger partial charge >= 0.3 is 0 Å². The number of ketones is 1. The summed E-state index contributed by atoms with van der Waals surface area (Å²) >= 11 is 7.12. The zero-order valence-corrected chi connectivity index (χ0v) is 18.2. The molecule has 2 aliphatic rings. The molecular formula is C22H17ClF2N4O2S. The number of halogens is 3. The summed E-state index contributed by atoms with van der Waals surface area (Å²) < 4.78 is 34.1. The molecule has 1 aliphatic carbocycles. The number of carbonyl (C=O) groups is 1. The van der Waals surface area contributed by atoms with Crippen molar-refractivity contribution in [2.75, 3.05) is 6.67 Å². The molecule has 0 spiro atoms. The van der Waals surface area contributed by atoms with Crippen molar-refractivity contribution < 1.29 is 18.1 Å². The topological polar surface area (TPSA) is 94.4 Å². The van der Waals surface area contributed by atoms with Crippen LogP contribution in [0, 0.1) is 11.7 Å². The first-order valence-corrected chi connectivity index (χ1v) is 11.0. The molecule has 5 rings (SSSR count). The lowest BCUT2D eigenvalue weighted by atomic mass is 9.83. The number of Topliss-reactive ketones (excluding diaryl/α,β-unsaturated/α-hetero) is 1. The Morgan fingerprint density at radius 2 is 2.16 bits per heavy atom. The second kappa shape index (κ2) is 7.67. The minimum atomic E-state index is -1.50.